The number of ketones is 1. The quantitative estimate of drug-likeness (QED) is 0.209. The summed E-state index contributed by atoms with van der Waals surface area (Å²) in [6, 6.07) is 8.56. The molecule has 2 aliphatic heterocycles. The summed E-state index contributed by atoms with van der Waals surface area (Å²) in [7, 11) is 4.12. The number of aliphatic hydroxyl groups is 1. The monoisotopic (exact) mass is 552 g/mol. The molecule has 11 nitrogen and oxygen atoms in total. The number of ether oxygens (including phenoxy) is 5. The number of carbonyl (C=O) groups excluding carboxylic acids is 3. The minimum Gasteiger partial charge on any atom is -0.507 e. The van der Waals surface area contributed by atoms with E-state index in [0.29, 0.717) is 41.7 Å². The summed E-state index contributed by atoms with van der Waals surface area (Å²) in [5.74, 6) is -1.43. The summed E-state index contributed by atoms with van der Waals surface area (Å²) in [4.78, 5) is 45.1. The second kappa shape index (κ2) is 10.3. The van der Waals surface area contributed by atoms with Crippen LogP contribution < -0.4 is 23.8 Å². The number of nitrogens with zero attached hydrogens (tertiary/aromatic N) is 2. The molecule has 202 valence electrons. The maximum absolute atomic E-state index is 13.6. The number of para-hydroxylation sites is 1. The topological polar surface area (TPSA) is 134 Å². The number of aliphatic hydroxyl groups excluding tert-OH is 1. The molecule has 1 fully saturated rings. The lowest BCUT2D eigenvalue weighted by molar-refractivity contribution is -0.132. The van der Waals surface area contributed by atoms with E-state index in [0.717, 1.165) is 16.2 Å². The highest BCUT2D eigenvalue weighted by Gasteiger charge is 2.49. The molecular formula is C27H24N2O9S. The number of hydrogen-bond acceptors (Lipinski definition) is 11. The second-order valence-corrected chi connectivity index (χ2v) is 9.49. The van der Waals surface area contributed by atoms with E-state index in [4.69, 9.17) is 23.7 Å². The van der Waals surface area contributed by atoms with Gasteiger partial charge < -0.3 is 28.8 Å². The molecule has 1 amide bonds. The Kier molecular flexibility index (Phi) is 6.87. The highest BCUT2D eigenvalue weighted by atomic mass is 32.1. The van der Waals surface area contributed by atoms with Gasteiger partial charge in [0.1, 0.15) is 29.9 Å². The fraction of sp³-hybridized carbons (Fsp3) is 0.259. The molecule has 39 heavy (non-hydrogen) atoms. The van der Waals surface area contributed by atoms with Gasteiger partial charge in [0.05, 0.1) is 32.6 Å². The smallest absolute Gasteiger partial charge is 0.350 e. The molecular weight excluding hydrogens is 528 g/mol. The van der Waals surface area contributed by atoms with Crippen molar-refractivity contribution in [1.29, 1.82) is 0 Å². The predicted molar refractivity (Wildman–Crippen MR) is 140 cm³/mol. The predicted octanol–water partition coefficient (Wildman–Crippen LogP) is 3.65. The van der Waals surface area contributed by atoms with Gasteiger partial charge in [0.15, 0.2) is 28.1 Å². The van der Waals surface area contributed by atoms with E-state index in [9.17, 15) is 19.5 Å². The van der Waals surface area contributed by atoms with Gasteiger partial charge in [-0.15, -0.1) is 0 Å². The van der Waals surface area contributed by atoms with Crippen LogP contribution in [-0.2, 0) is 14.3 Å². The molecule has 1 unspecified atom stereocenters. The molecule has 5 rings (SSSR count). The first kappa shape index (κ1) is 26.0. The Labute approximate surface area is 227 Å². The van der Waals surface area contributed by atoms with Crippen LogP contribution >= 0.6 is 11.3 Å². The van der Waals surface area contributed by atoms with Crippen LogP contribution in [0.25, 0.3) is 5.76 Å². The Morgan fingerprint density at radius 1 is 1.08 bits per heavy atom. The summed E-state index contributed by atoms with van der Waals surface area (Å²) in [5.41, 5.74) is 0.736. The molecule has 2 aliphatic rings. The van der Waals surface area contributed by atoms with Crippen molar-refractivity contribution < 1.29 is 43.2 Å². The average Bonchev–Trinajstić information content (AvgIpc) is 3.47. The van der Waals surface area contributed by atoms with Gasteiger partial charge in [0.2, 0.25) is 0 Å². The average molecular weight is 553 g/mol. The summed E-state index contributed by atoms with van der Waals surface area (Å²) in [6.45, 7) is 2.31. The van der Waals surface area contributed by atoms with Crippen LogP contribution in [0.2, 0.25) is 0 Å². The number of anilines is 1. The van der Waals surface area contributed by atoms with Crippen molar-refractivity contribution in [2.75, 3.05) is 39.4 Å². The Bertz CT molecular complexity index is 1530. The van der Waals surface area contributed by atoms with Gasteiger partial charge in [-0.3, -0.25) is 14.5 Å². The molecule has 0 bridgehead atoms. The van der Waals surface area contributed by atoms with Gasteiger partial charge in [-0.05, 0) is 31.2 Å². The highest BCUT2D eigenvalue weighted by Crippen LogP contribution is 2.48. The number of Topliss-reactive ketones (excluding diaryl/α,β-unsaturated/α-hetero) is 1. The Morgan fingerprint density at radius 2 is 1.82 bits per heavy atom. The van der Waals surface area contributed by atoms with Crippen LogP contribution in [0.1, 0.15) is 32.5 Å². The summed E-state index contributed by atoms with van der Waals surface area (Å²) < 4.78 is 27.1. The SMILES string of the molecule is COC(=O)c1sc(N2C(=O)C(=O)C(=C(O)c3ccc4c(c3)OCCO4)C2c2cccc(OC)c2OC)nc1C. The summed E-state index contributed by atoms with van der Waals surface area (Å²) in [5, 5.41) is 11.6. The van der Waals surface area contributed by atoms with Crippen molar-refractivity contribution in [2.24, 2.45) is 0 Å². The molecule has 0 radical (unpaired) electrons. The lowest BCUT2D eigenvalue weighted by Crippen LogP contribution is -2.29. The minimum atomic E-state index is -1.17. The zero-order valence-electron chi connectivity index (χ0n) is 21.5. The standard InChI is InChI=1S/C27H24N2O9S/c1-13-24(26(33)36-4)39-27(28-13)29-20(15-6-5-7-17(34-2)23(15)35-3)19(22(31)25(29)32)21(30)14-8-9-16-18(12-14)38-11-10-37-16/h5-9,12,20,30H,10-11H2,1-4H3. The maximum Gasteiger partial charge on any atom is 0.350 e. The fourth-order valence-corrected chi connectivity index (χ4v) is 5.58. The molecule has 1 saturated heterocycles. The van der Waals surface area contributed by atoms with Crippen molar-refractivity contribution in [3.05, 3.63) is 63.7 Å². The maximum atomic E-state index is 13.6. The van der Waals surface area contributed by atoms with E-state index in [1.165, 1.54) is 21.3 Å². The molecule has 0 saturated carbocycles. The fourth-order valence-electron chi connectivity index (χ4n) is 4.56. The normalized spacial score (nSPS) is 17.7. The number of methoxy groups -OCH3 is 3. The zero-order valence-corrected chi connectivity index (χ0v) is 22.3. The Balaban J connectivity index is 1.75. The van der Waals surface area contributed by atoms with Gasteiger partial charge in [-0.1, -0.05) is 23.5 Å². The first-order valence-electron chi connectivity index (χ1n) is 11.8. The highest BCUT2D eigenvalue weighted by molar-refractivity contribution is 7.17. The van der Waals surface area contributed by atoms with Crippen LogP contribution in [0.15, 0.2) is 42.0 Å². The summed E-state index contributed by atoms with van der Waals surface area (Å²) >= 11 is 0.900. The number of thiazole rings is 1. The van der Waals surface area contributed by atoms with E-state index >= 15 is 0 Å². The number of benzene rings is 2. The van der Waals surface area contributed by atoms with Crippen LogP contribution in [0.3, 0.4) is 0 Å². The molecule has 12 heteroatoms. The third-order valence-electron chi connectivity index (χ3n) is 6.35. The Morgan fingerprint density at radius 3 is 2.51 bits per heavy atom. The van der Waals surface area contributed by atoms with E-state index < -0.39 is 29.5 Å². The van der Waals surface area contributed by atoms with Crippen LogP contribution in [0.4, 0.5) is 5.13 Å². The number of rotatable bonds is 6. The third-order valence-corrected chi connectivity index (χ3v) is 7.49. The number of aryl methyl sites for hydroxylation is 1. The van der Waals surface area contributed by atoms with Gasteiger partial charge in [0, 0.05) is 11.1 Å². The zero-order chi connectivity index (χ0) is 27.8. The lowest BCUT2D eigenvalue weighted by Gasteiger charge is -2.25. The number of esters is 1. The molecule has 0 aliphatic carbocycles. The molecule has 1 N–H and O–H groups in total. The number of fused-ring (bicyclic) bond motifs is 1. The second-order valence-electron chi connectivity index (χ2n) is 8.51. The van der Waals surface area contributed by atoms with Gasteiger partial charge >= 0.3 is 11.9 Å². The van der Waals surface area contributed by atoms with Crippen LogP contribution in [0.5, 0.6) is 23.0 Å². The molecule has 1 atom stereocenters. The minimum absolute atomic E-state index is 0.0751. The van der Waals surface area contributed by atoms with Gasteiger partial charge in [-0.25, -0.2) is 9.78 Å². The molecule has 1 aromatic heterocycles. The van der Waals surface area contributed by atoms with E-state index in [1.54, 1.807) is 43.3 Å². The van der Waals surface area contributed by atoms with Crippen LogP contribution in [-0.4, -0.2) is 62.3 Å². The third kappa shape index (κ3) is 4.32. The number of amides is 1. The largest absolute Gasteiger partial charge is 0.507 e. The number of carbonyl (C=O) groups is 3. The number of aromatic nitrogens is 1. The van der Waals surface area contributed by atoms with E-state index in [-0.39, 0.29) is 26.9 Å². The van der Waals surface area contributed by atoms with Crippen molar-refractivity contribution in [3.63, 3.8) is 0 Å². The van der Waals surface area contributed by atoms with Gasteiger partial charge in [-0.2, -0.15) is 0 Å². The summed E-state index contributed by atoms with van der Waals surface area (Å²) in [6.07, 6.45) is 0. The van der Waals surface area contributed by atoms with Crippen LogP contribution in [0, 0.1) is 6.92 Å². The van der Waals surface area contributed by atoms with Crippen molar-refractivity contribution in [2.45, 2.75) is 13.0 Å². The molecule has 3 heterocycles. The molecule has 3 aromatic rings. The first-order chi connectivity index (χ1) is 18.8. The van der Waals surface area contributed by atoms with Crippen molar-refractivity contribution >= 4 is 39.9 Å². The molecule has 2 aromatic carbocycles. The van der Waals surface area contributed by atoms with Gasteiger partial charge in [0.25, 0.3) is 5.78 Å². The number of hydrogen-bond donors (Lipinski definition) is 1. The lowest BCUT2D eigenvalue weighted by atomic mass is 9.94. The van der Waals surface area contributed by atoms with Crippen molar-refractivity contribution in [3.8, 4) is 23.0 Å². The first-order valence-corrected chi connectivity index (χ1v) is 12.6. The molecule has 0 spiro atoms. The Hall–Kier alpha value is -4.58. The van der Waals surface area contributed by atoms with Crippen molar-refractivity contribution in [1.82, 2.24) is 4.98 Å². The van der Waals surface area contributed by atoms with E-state index in [1.807, 2.05) is 0 Å². The van der Waals surface area contributed by atoms with E-state index in [2.05, 4.69) is 4.98 Å².